The van der Waals surface area contributed by atoms with Gasteiger partial charge in [0.05, 0.1) is 13.2 Å². The zero-order valence-electron chi connectivity index (χ0n) is 18.4. The van der Waals surface area contributed by atoms with Gasteiger partial charge in [0.15, 0.2) is 11.8 Å². The van der Waals surface area contributed by atoms with Crippen LogP contribution in [0.2, 0.25) is 0 Å². The van der Waals surface area contributed by atoms with E-state index in [4.69, 9.17) is 9.26 Å². The molecule has 2 aliphatic rings. The number of aromatic nitrogens is 2. The Morgan fingerprint density at radius 1 is 1.17 bits per heavy atom. The summed E-state index contributed by atoms with van der Waals surface area (Å²) in [5.41, 5.74) is 0.325. The van der Waals surface area contributed by atoms with Crippen molar-refractivity contribution in [1.29, 1.82) is 0 Å². The van der Waals surface area contributed by atoms with Crippen molar-refractivity contribution < 1.29 is 9.26 Å². The Labute approximate surface area is 174 Å². The second kappa shape index (κ2) is 10.9. The molecule has 164 valence electrons. The molecule has 1 aliphatic carbocycles. The standard InChI is InChI=1S/C21H38N6O2/c1-17(2)19-25-18(29-26-19)7-10-23-20(22-3)24-15-21(8-5-4-6-9-21)16-27-11-13-28-14-12-27/h17H,4-16H2,1-3H3,(H2,22,23,24). The van der Waals surface area contributed by atoms with Crippen molar-refractivity contribution in [3.63, 3.8) is 0 Å². The van der Waals surface area contributed by atoms with Crippen LogP contribution in [0.4, 0.5) is 0 Å². The number of aliphatic imine (C=N–C) groups is 1. The van der Waals surface area contributed by atoms with Crippen molar-refractivity contribution in [1.82, 2.24) is 25.7 Å². The van der Waals surface area contributed by atoms with Gasteiger partial charge in [-0.05, 0) is 12.8 Å². The maximum atomic E-state index is 5.53. The van der Waals surface area contributed by atoms with Crippen molar-refractivity contribution in [2.24, 2.45) is 10.4 Å². The molecule has 0 unspecified atom stereocenters. The normalized spacial score (nSPS) is 20.8. The highest BCUT2D eigenvalue weighted by molar-refractivity contribution is 5.79. The Balaban J connectivity index is 1.47. The summed E-state index contributed by atoms with van der Waals surface area (Å²) >= 11 is 0. The molecule has 0 aromatic carbocycles. The van der Waals surface area contributed by atoms with Gasteiger partial charge in [-0.1, -0.05) is 38.3 Å². The Kier molecular flexibility index (Phi) is 8.29. The topological polar surface area (TPSA) is 87.8 Å². The lowest BCUT2D eigenvalue weighted by molar-refractivity contribution is 0.00820. The number of hydrogen-bond donors (Lipinski definition) is 2. The maximum Gasteiger partial charge on any atom is 0.228 e. The number of rotatable bonds is 8. The summed E-state index contributed by atoms with van der Waals surface area (Å²) in [6.07, 6.45) is 7.28. The van der Waals surface area contributed by atoms with E-state index in [-0.39, 0.29) is 5.92 Å². The number of hydrogen-bond acceptors (Lipinski definition) is 6. The van der Waals surface area contributed by atoms with E-state index >= 15 is 0 Å². The van der Waals surface area contributed by atoms with Crippen LogP contribution in [0.1, 0.15) is 63.6 Å². The molecule has 2 heterocycles. The van der Waals surface area contributed by atoms with Gasteiger partial charge in [0, 0.05) is 57.5 Å². The first-order valence-corrected chi connectivity index (χ1v) is 11.2. The van der Waals surface area contributed by atoms with Gasteiger partial charge in [-0.25, -0.2) is 0 Å². The SMILES string of the molecule is CN=C(NCCc1nc(C(C)C)no1)NCC1(CN2CCOCC2)CCCCC1. The van der Waals surface area contributed by atoms with Crippen LogP contribution in [-0.2, 0) is 11.2 Å². The molecule has 8 nitrogen and oxygen atoms in total. The Morgan fingerprint density at radius 3 is 2.59 bits per heavy atom. The lowest BCUT2D eigenvalue weighted by Gasteiger charge is -2.42. The maximum absolute atomic E-state index is 5.53. The summed E-state index contributed by atoms with van der Waals surface area (Å²) in [6, 6.07) is 0. The predicted octanol–water partition coefficient (Wildman–Crippen LogP) is 2.18. The molecule has 1 aromatic heterocycles. The molecule has 3 rings (SSSR count). The molecule has 0 radical (unpaired) electrons. The predicted molar refractivity (Wildman–Crippen MR) is 114 cm³/mol. The zero-order chi connectivity index (χ0) is 20.5. The third-order valence-electron chi connectivity index (χ3n) is 6.06. The van der Waals surface area contributed by atoms with Crippen LogP contribution in [0.25, 0.3) is 0 Å². The van der Waals surface area contributed by atoms with E-state index in [2.05, 4.69) is 44.5 Å². The van der Waals surface area contributed by atoms with E-state index in [1.165, 1.54) is 32.1 Å². The summed E-state index contributed by atoms with van der Waals surface area (Å²) in [5, 5.41) is 11.0. The zero-order valence-corrected chi connectivity index (χ0v) is 18.4. The van der Waals surface area contributed by atoms with E-state index in [1.54, 1.807) is 0 Å². The van der Waals surface area contributed by atoms with Crippen molar-refractivity contribution in [2.75, 3.05) is 53.0 Å². The molecule has 0 atom stereocenters. The first-order chi connectivity index (χ1) is 14.1. The largest absolute Gasteiger partial charge is 0.379 e. The molecule has 2 N–H and O–H groups in total. The number of nitrogens with zero attached hydrogens (tertiary/aromatic N) is 4. The Hall–Kier alpha value is -1.67. The van der Waals surface area contributed by atoms with Crippen LogP contribution in [0.3, 0.4) is 0 Å². The van der Waals surface area contributed by atoms with E-state index in [0.717, 1.165) is 57.7 Å². The number of guanidine groups is 1. The molecule has 1 aromatic rings. The van der Waals surface area contributed by atoms with Crippen LogP contribution in [0.5, 0.6) is 0 Å². The van der Waals surface area contributed by atoms with Crippen molar-refractivity contribution in [2.45, 2.75) is 58.3 Å². The van der Waals surface area contributed by atoms with Crippen LogP contribution >= 0.6 is 0 Å². The summed E-state index contributed by atoms with van der Waals surface area (Å²) in [7, 11) is 1.83. The molecule has 2 fully saturated rings. The van der Waals surface area contributed by atoms with Gasteiger partial charge in [-0.2, -0.15) is 4.98 Å². The lowest BCUT2D eigenvalue weighted by Crippen LogP contribution is -2.51. The first kappa shape index (κ1) is 22.0. The van der Waals surface area contributed by atoms with Crippen molar-refractivity contribution >= 4 is 5.96 Å². The fourth-order valence-corrected chi connectivity index (χ4v) is 4.31. The summed E-state index contributed by atoms with van der Waals surface area (Å²) in [6.45, 7) is 10.8. The minimum atomic E-state index is 0.285. The fraction of sp³-hybridized carbons (Fsp3) is 0.857. The van der Waals surface area contributed by atoms with Gasteiger partial charge in [-0.3, -0.25) is 9.89 Å². The van der Waals surface area contributed by atoms with E-state index in [9.17, 15) is 0 Å². The highest BCUT2D eigenvalue weighted by atomic mass is 16.5. The first-order valence-electron chi connectivity index (χ1n) is 11.2. The van der Waals surface area contributed by atoms with Gasteiger partial charge in [0.25, 0.3) is 0 Å². The molecule has 0 amide bonds. The van der Waals surface area contributed by atoms with Crippen molar-refractivity contribution in [3.05, 3.63) is 11.7 Å². The van der Waals surface area contributed by atoms with Gasteiger partial charge in [-0.15, -0.1) is 0 Å². The smallest absolute Gasteiger partial charge is 0.228 e. The third-order valence-corrected chi connectivity index (χ3v) is 6.06. The molecular weight excluding hydrogens is 368 g/mol. The van der Waals surface area contributed by atoms with Crippen molar-refractivity contribution in [3.8, 4) is 0 Å². The lowest BCUT2D eigenvalue weighted by atomic mass is 9.73. The summed E-state index contributed by atoms with van der Waals surface area (Å²) in [4.78, 5) is 11.4. The monoisotopic (exact) mass is 406 g/mol. The van der Waals surface area contributed by atoms with Gasteiger partial charge >= 0.3 is 0 Å². The summed E-state index contributed by atoms with van der Waals surface area (Å²) in [5.74, 6) is 2.58. The van der Waals surface area contributed by atoms with Crippen LogP contribution in [-0.4, -0.2) is 74.0 Å². The molecule has 0 bridgehead atoms. The van der Waals surface area contributed by atoms with E-state index < -0.39 is 0 Å². The van der Waals surface area contributed by atoms with Crippen LogP contribution in [0.15, 0.2) is 9.52 Å². The third kappa shape index (κ3) is 6.67. The molecule has 8 heteroatoms. The molecule has 1 saturated carbocycles. The van der Waals surface area contributed by atoms with Gasteiger partial charge < -0.3 is 19.9 Å². The average molecular weight is 407 g/mol. The molecule has 0 spiro atoms. The Morgan fingerprint density at radius 2 is 1.93 bits per heavy atom. The van der Waals surface area contributed by atoms with Gasteiger partial charge in [0.2, 0.25) is 5.89 Å². The average Bonchev–Trinajstić information content (AvgIpc) is 3.21. The second-order valence-electron chi connectivity index (χ2n) is 8.75. The van der Waals surface area contributed by atoms with Gasteiger partial charge in [0.1, 0.15) is 0 Å². The minimum Gasteiger partial charge on any atom is -0.379 e. The van der Waals surface area contributed by atoms with Crippen LogP contribution in [0, 0.1) is 5.41 Å². The number of nitrogens with one attached hydrogen (secondary N) is 2. The highest BCUT2D eigenvalue weighted by Crippen LogP contribution is 2.36. The highest BCUT2D eigenvalue weighted by Gasteiger charge is 2.34. The molecular formula is C21H38N6O2. The number of morpholine rings is 1. The minimum absolute atomic E-state index is 0.285. The fourth-order valence-electron chi connectivity index (χ4n) is 4.31. The number of ether oxygens (including phenoxy) is 1. The van der Waals surface area contributed by atoms with Crippen LogP contribution < -0.4 is 10.6 Å². The molecule has 29 heavy (non-hydrogen) atoms. The summed E-state index contributed by atoms with van der Waals surface area (Å²) < 4.78 is 10.8. The second-order valence-corrected chi connectivity index (χ2v) is 8.75. The Bertz CT molecular complexity index is 633. The van der Waals surface area contributed by atoms with E-state index in [1.807, 2.05) is 7.05 Å². The molecule has 1 aliphatic heterocycles. The van der Waals surface area contributed by atoms with E-state index in [0.29, 0.717) is 17.7 Å². The molecule has 1 saturated heterocycles. The quantitative estimate of drug-likeness (QED) is 0.505.